The number of carbonyl (C=O) groups is 1. The summed E-state index contributed by atoms with van der Waals surface area (Å²) in [6.07, 6.45) is 5.62. The number of halogens is 3. The van der Waals surface area contributed by atoms with Gasteiger partial charge in [-0.05, 0) is 17.7 Å². The Kier molecular flexibility index (Phi) is 5.71. The number of carbonyl (C=O) groups excluding carboxylic acids is 1. The van der Waals surface area contributed by atoms with E-state index in [9.17, 15) is 18.0 Å². The molecule has 0 spiro atoms. The number of methoxy groups -OCH3 is 1. The zero-order chi connectivity index (χ0) is 25.6. The predicted octanol–water partition coefficient (Wildman–Crippen LogP) is 4.14. The number of aromatic nitrogens is 5. The number of imidazole rings is 1. The molecule has 12 heteroatoms. The smallest absolute Gasteiger partial charge is 0.333 e. The molecule has 5 aromatic rings. The second-order valence-corrected chi connectivity index (χ2v) is 8.14. The summed E-state index contributed by atoms with van der Waals surface area (Å²) in [6.45, 7) is -2.63. The Morgan fingerprint density at radius 2 is 1.97 bits per heavy atom. The van der Waals surface area contributed by atoms with Crippen molar-refractivity contribution in [3.8, 4) is 16.9 Å². The first-order chi connectivity index (χ1) is 17.3. The summed E-state index contributed by atoms with van der Waals surface area (Å²) in [4.78, 5) is 22.8. The van der Waals surface area contributed by atoms with Gasteiger partial charge in [-0.3, -0.25) is 9.20 Å². The lowest BCUT2D eigenvalue weighted by atomic mass is 10.1. The molecule has 5 rings (SSSR count). The van der Waals surface area contributed by atoms with Crippen LogP contribution in [0.5, 0.6) is 5.75 Å². The molecule has 184 valence electrons. The van der Waals surface area contributed by atoms with Gasteiger partial charge in [-0.25, -0.2) is 19.0 Å². The fraction of sp³-hybridized carbons (Fsp3) is 0.167. The lowest BCUT2D eigenvalue weighted by molar-refractivity contribution is 0.0566. The van der Waals surface area contributed by atoms with Crippen LogP contribution >= 0.6 is 0 Å². The number of rotatable bonds is 6. The van der Waals surface area contributed by atoms with E-state index in [0.29, 0.717) is 43.7 Å². The first kappa shape index (κ1) is 23.1. The van der Waals surface area contributed by atoms with Crippen LogP contribution in [0.3, 0.4) is 0 Å². The van der Waals surface area contributed by atoms with Gasteiger partial charge in [0.2, 0.25) is 0 Å². The summed E-state index contributed by atoms with van der Waals surface area (Å²) in [7, 11) is 3.01. The number of nitrogens with zero attached hydrogens (tertiary/aromatic N) is 6. The van der Waals surface area contributed by atoms with E-state index in [4.69, 9.17) is 10.5 Å². The van der Waals surface area contributed by atoms with Crippen LogP contribution < -0.4 is 10.5 Å². The van der Waals surface area contributed by atoms with Gasteiger partial charge in [0.15, 0.2) is 0 Å². The van der Waals surface area contributed by atoms with Crippen LogP contribution in [0.15, 0.2) is 55.2 Å². The molecule has 1 amide bonds. The third-order valence-corrected chi connectivity index (χ3v) is 5.87. The molecule has 0 saturated heterocycles. The highest BCUT2D eigenvalue weighted by molar-refractivity contribution is 5.98. The molecular formula is C24H20F3N7O2. The first-order valence-corrected chi connectivity index (χ1v) is 10.7. The third-order valence-electron chi connectivity index (χ3n) is 5.87. The van der Waals surface area contributed by atoms with Crippen LogP contribution in [0.2, 0.25) is 0 Å². The highest BCUT2D eigenvalue weighted by atomic mass is 19.3. The van der Waals surface area contributed by atoms with Crippen molar-refractivity contribution in [3.05, 3.63) is 72.2 Å². The van der Waals surface area contributed by atoms with E-state index < -0.39 is 18.3 Å². The maximum Gasteiger partial charge on any atom is 0.333 e. The Balaban J connectivity index is 1.44. The van der Waals surface area contributed by atoms with Crippen molar-refractivity contribution in [1.29, 1.82) is 0 Å². The standard InChI is InChI=1S/C24H20F3N7O2/c1-32(10-14-4-3-13(5-21(14)36-2)15-8-30-34(11-15)24(26)27)23(35)16-6-19-18(7-17(16)25)31-22(28)20-9-29-12-33(19)20/h3-9,11-12,24H,10H2,1-2H3,(H2,28,31). The van der Waals surface area contributed by atoms with E-state index in [-0.39, 0.29) is 17.9 Å². The summed E-state index contributed by atoms with van der Waals surface area (Å²) in [5.41, 5.74) is 8.86. The van der Waals surface area contributed by atoms with Crippen molar-refractivity contribution in [3.63, 3.8) is 0 Å². The molecule has 0 radical (unpaired) electrons. The van der Waals surface area contributed by atoms with Crippen LogP contribution in [-0.2, 0) is 6.54 Å². The number of nitrogen functional groups attached to an aromatic ring is 1. The largest absolute Gasteiger partial charge is 0.496 e. The molecule has 0 aliphatic heterocycles. The number of ether oxygens (including phenoxy) is 1. The van der Waals surface area contributed by atoms with E-state index >= 15 is 0 Å². The molecule has 0 atom stereocenters. The Hall–Kier alpha value is -4.61. The van der Waals surface area contributed by atoms with Gasteiger partial charge in [0.1, 0.15) is 22.9 Å². The maximum absolute atomic E-state index is 14.9. The zero-order valence-electron chi connectivity index (χ0n) is 19.2. The minimum Gasteiger partial charge on any atom is -0.496 e. The number of nitrogens with two attached hydrogens (primary N) is 1. The van der Waals surface area contributed by atoms with Gasteiger partial charge in [-0.2, -0.15) is 13.9 Å². The summed E-state index contributed by atoms with van der Waals surface area (Å²) < 4.78 is 48.3. The molecule has 3 aromatic heterocycles. The van der Waals surface area contributed by atoms with E-state index in [1.165, 1.54) is 49.1 Å². The first-order valence-electron chi connectivity index (χ1n) is 10.7. The number of alkyl halides is 2. The van der Waals surface area contributed by atoms with Crippen molar-refractivity contribution in [2.45, 2.75) is 13.1 Å². The van der Waals surface area contributed by atoms with Gasteiger partial charge < -0.3 is 15.4 Å². The molecule has 2 N–H and O–H groups in total. The monoisotopic (exact) mass is 495 g/mol. The SMILES string of the molecule is COc1cc(-c2cnn(C(F)F)c2)ccc1CN(C)C(=O)c1cc2c(cc1F)nc(N)c1cncn12. The van der Waals surface area contributed by atoms with Crippen molar-refractivity contribution in [1.82, 2.24) is 29.0 Å². The lowest BCUT2D eigenvalue weighted by Gasteiger charge is -2.20. The van der Waals surface area contributed by atoms with Crippen LogP contribution in [-0.4, -0.2) is 49.1 Å². The fourth-order valence-corrected chi connectivity index (χ4v) is 4.04. The third kappa shape index (κ3) is 3.96. The van der Waals surface area contributed by atoms with E-state index in [1.54, 1.807) is 29.6 Å². The molecule has 0 aliphatic rings. The molecule has 9 nitrogen and oxygen atoms in total. The molecular weight excluding hydrogens is 475 g/mol. The number of hydrogen-bond donors (Lipinski definition) is 1. The van der Waals surface area contributed by atoms with Gasteiger partial charge in [0.05, 0.1) is 42.4 Å². The average molecular weight is 495 g/mol. The lowest BCUT2D eigenvalue weighted by Crippen LogP contribution is -2.27. The number of anilines is 1. The molecule has 0 bridgehead atoms. The number of hydrogen-bond acceptors (Lipinski definition) is 6. The number of amides is 1. The van der Waals surface area contributed by atoms with E-state index in [2.05, 4.69) is 15.1 Å². The number of fused-ring (bicyclic) bond motifs is 3. The van der Waals surface area contributed by atoms with Crippen molar-refractivity contribution in [2.75, 3.05) is 19.9 Å². The number of benzene rings is 2. The van der Waals surface area contributed by atoms with E-state index in [0.717, 1.165) is 0 Å². The van der Waals surface area contributed by atoms with E-state index in [1.807, 2.05) is 0 Å². The predicted molar refractivity (Wildman–Crippen MR) is 126 cm³/mol. The van der Waals surface area contributed by atoms with Crippen LogP contribution in [0.25, 0.3) is 27.7 Å². The van der Waals surface area contributed by atoms with Gasteiger partial charge >= 0.3 is 6.55 Å². The molecule has 0 fully saturated rings. The zero-order valence-corrected chi connectivity index (χ0v) is 19.2. The van der Waals surface area contributed by atoms with Gasteiger partial charge in [-0.15, -0.1) is 0 Å². The second kappa shape index (κ2) is 8.87. The van der Waals surface area contributed by atoms with Crippen LogP contribution in [0, 0.1) is 5.82 Å². The molecule has 0 saturated carbocycles. The highest BCUT2D eigenvalue weighted by Gasteiger charge is 2.21. The van der Waals surface area contributed by atoms with Gasteiger partial charge in [0.25, 0.3) is 5.91 Å². The molecule has 0 aliphatic carbocycles. The van der Waals surface area contributed by atoms with Crippen molar-refractivity contribution < 1.29 is 22.7 Å². The summed E-state index contributed by atoms with van der Waals surface area (Å²) in [5.74, 6) is -0.642. The Labute approximate surface area is 202 Å². The minimum atomic E-state index is -2.74. The topological polar surface area (TPSA) is 104 Å². The normalized spacial score (nSPS) is 11.5. The van der Waals surface area contributed by atoms with Crippen LogP contribution in [0.4, 0.5) is 19.0 Å². The van der Waals surface area contributed by atoms with Crippen LogP contribution in [0.1, 0.15) is 22.5 Å². The Morgan fingerprint density at radius 3 is 2.69 bits per heavy atom. The summed E-state index contributed by atoms with van der Waals surface area (Å²) >= 11 is 0. The average Bonchev–Trinajstić information content (AvgIpc) is 3.54. The minimum absolute atomic E-state index is 0.108. The molecule has 3 heterocycles. The second-order valence-electron chi connectivity index (χ2n) is 8.14. The molecule has 0 unspecified atom stereocenters. The Morgan fingerprint density at radius 1 is 1.17 bits per heavy atom. The fourth-order valence-electron chi connectivity index (χ4n) is 4.04. The maximum atomic E-state index is 14.9. The summed E-state index contributed by atoms with van der Waals surface area (Å²) in [6, 6.07) is 7.69. The van der Waals surface area contributed by atoms with Crippen molar-refractivity contribution in [2.24, 2.45) is 0 Å². The summed E-state index contributed by atoms with van der Waals surface area (Å²) in [5, 5.41) is 3.65. The van der Waals surface area contributed by atoms with Gasteiger partial charge in [0, 0.05) is 37.0 Å². The Bertz CT molecular complexity index is 1610. The van der Waals surface area contributed by atoms with Gasteiger partial charge in [-0.1, -0.05) is 12.1 Å². The highest BCUT2D eigenvalue weighted by Crippen LogP contribution is 2.29. The molecule has 2 aromatic carbocycles. The van der Waals surface area contributed by atoms with Crippen molar-refractivity contribution >= 4 is 28.3 Å². The quantitative estimate of drug-likeness (QED) is 0.380. The molecule has 36 heavy (non-hydrogen) atoms.